The standard InChI is InChI=1S/C15H15N3S/c1-11-8-15(18-6-2-3-7-18)17-14-5-4-12(16-10-19)9-13(11)14/h4-5,8-9H,2-3,6-7H2,1H3. The van der Waals surface area contributed by atoms with E-state index in [-0.39, 0.29) is 0 Å². The fraction of sp³-hybridized carbons (Fsp3) is 0.333. The smallest absolute Gasteiger partial charge is 0.129 e. The van der Waals surface area contributed by atoms with Gasteiger partial charge in [0.15, 0.2) is 0 Å². The Morgan fingerprint density at radius 2 is 2.05 bits per heavy atom. The quantitative estimate of drug-likeness (QED) is 0.612. The molecule has 0 bridgehead atoms. The number of aryl methyl sites for hydroxylation is 1. The molecule has 1 saturated heterocycles. The van der Waals surface area contributed by atoms with Gasteiger partial charge in [-0.15, -0.1) is 0 Å². The van der Waals surface area contributed by atoms with E-state index in [2.05, 4.69) is 40.3 Å². The normalized spacial score (nSPS) is 14.7. The second-order valence-electron chi connectivity index (χ2n) is 4.90. The van der Waals surface area contributed by atoms with Gasteiger partial charge in [-0.3, -0.25) is 0 Å². The Morgan fingerprint density at radius 1 is 1.26 bits per heavy atom. The molecule has 0 spiro atoms. The highest BCUT2D eigenvalue weighted by Crippen LogP contribution is 2.27. The number of pyridine rings is 1. The van der Waals surface area contributed by atoms with Crippen LogP contribution in [0.4, 0.5) is 11.5 Å². The molecule has 96 valence electrons. The third-order valence-corrected chi connectivity index (χ3v) is 3.68. The lowest BCUT2D eigenvalue weighted by Gasteiger charge is -2.17. The molecule has 19 heavy (non-hydrogen) atoms. The molecule has 1 aromatic heterocycles. The van der Waals surface area contributed by atoms with Gasteiger partial charge in [-0.2, -0.15) is 4.99 Å². The highest BCUT2D eigenvalue weighted by molar-refractivity contribution is 7.78. The van der Waals surface area contributed by atoms with Crippen LogP contribution in [0.1, 0.15) is 18.4 Å². The summed E-state index contributed by atoms with van der Waals surface area (Å²) in [4.78, 5) is 11.1. The number of fused-ring (bicyclic) bond motifs is 1. The summed E-state index contributed by atoms with van der Waals surface area (Å²) in [6.07, 6.45) is 2.53. The van der Waals surface area contributed by atoms with Crippen LogP contribution in [0.15, 0.2) is 29.3 Å². The summed E-state index contributed by atoms with van der Waals surface area (Å²) in [5, 5.41) is 3.54. The molecule has 0 saturated carbocycles. The number of hydrogen-bond donors (Lipinski definition) is 0. The Bertz CT molecular complexity index is 668. The van der Waals surface area contributed by atoms with Gasteiger partial charge < -0.3 is 4.90 Å². The van der Waals surface area contributed by atoms with E-state index >= 15 is 0 Å². The topological polar surface area (TPSA) is 28.5 Å². The first-order valence-electron chi connectivity index (χ1n) is 6.52. The first-order valence-corrected chi connectivity index (χ1v) is 6.93. The Hall–Kier alpha value is -1.77. The largest absolute Gasteiger partial charge is 0.357 e. The highest BCUT2D eigenvalue weighted by atomic mass is 32.1. The van der Waals surface area contributed by atoms with Crippen LogP contribution >= 0.6 is 12.2 Å². The van der Waals surface area contributed by atoms with Gasteiger partial charge in [0.25, 0.3) is 0 Å². The van der Waals surface area contributed by atoms with E-state index in [0.717, 1.165) is 35.5 Å². The maximum absolute atomic E-state index is 4.76. The molecule has 0 atom stereocenters. The molecule has 0 radical (unpaired) electrons. The summed E-state index contributed by atoms with van der Waals surface area (Å²) in [6.45, 7) is 4.35. The first kappa shape index (κ1) is 12.3. The van der Waals surface area contributed by atoms with Crippen LogP contribution < -0.4 is 4.90 Å². The number of hydrogen-bond acceptors (Lipinski definition) is 4. The number of isothiocyanates is 1. The van der Waals surface area contributed by atoms with Crippen LogP contribution in [-0.4, -0.2) is 23.2 Å². The average molecular weight is 269 g/mol. The van der Waals surface area contributed by atoms with Crippen molar-refractivity contribution in [3.8, 4) is 0 Å². The lowest BCUT2D eigenvalue weighted by Crippen LogP contribution is -2.19. The molecule has 2 heterocycles. The zero-order chi connectivity index (χ0) is 13.2. The Balaban J connectivity index is 2.10. The Morgan fingerprint density at radius 3 is 2.79 bits per heavy atom. The molecule has 0 N–H and O–H groups in total. The van der Waals surface area contributed by atoms with Gasteiger partial charge in [0, 0.05) is 18.5 Å². The van der Waals surface area contributed by atoms with E-state index in [9.17, 15) is 0 Å². The zero-order valence-corrected chi connectivity index (χ0v) is 11.7. The van der Waals surface area contributed by atoms with Crippen molar-refractivity contribution in [2.75, 3.05) is 18.0 Å². The number of aromatic nitrogens is 1. The number of rotatable bonds is 2. The van der Waals surface area contributed by atoms with Crippen LogP contribution in [0.3, 0.4) is 0 Å². The van der Waals surface area contributed by atoms with E-state index in [4.69, 9.17) is 4.98 Å². The Labute approximate surface area is 118 Å². The number of nitrogens with zero attached hydrogens (tertiary/aromatic N) is 3. The van der Waals surface area contributed by atoms with Crippen LogP contribution in [0.25, 0.3) is 10.9 Å². The summed E-state index contributed by atoms with van der Waals surface area (Å²) < 4.78 is 0. The second kappa shape index (κ2) is 5.08. The molecule has 1 aliphatic heterocycles. The number of aliphatic imine (C=N–C) groups is 1. The van der Waals surface area contributed by atoms with Crippen LogP contribution in [0.5, 0.6) is 0 Å². The van der Waals surface area contributed by atoms with Crippen molar-refractivity contribution in [2.45, 2.75) is 19.8 Å². The van der Waals surface area contributed by atoms with E-state index in [0.29, 0.717) is 0 Å². The number of anilines is 1. The van der Waals surface area contributed by atoms with E-state index < -0.39 is 0 Å². The molecule has 3 rings (SSSR count). The molecule has 0 amide bonds. The molecule has 0 aliphatic carbocycles. The molecule has 1 fully saturated rings. The third kappa shape index (κ3) is 2.37. The Kier molecular flexibility index (Phi) is 3.28. The number of benzene rings is 1. The van der Waals surface area contributed by atoms with Crippen molar-refractivity contribution in [3.63, 3.8) is 0 Å². The van der Waals surface area contributed by atoms with Gasteiger partial charge in [-0.1, -0.05) is 0 Å². The van der Waals surface area contributed by atoms with E-state index in [1.807, 2.05) is 18.2 Å². The summed E-state index contributed by atoms with van der Waals surface area (Å²) in [5.41, 5.74) is 3.08. The predicted octanol–water partition coefficient (Wildman–Crippen LogP) is 3.88. The minimum absolute atomic E-state index is 0.835. The maximum atomic E-state index is 4.76. The maximum Gasteiger partial charge on any atom is 0.129 e. The fourth-order valence-electron chi connectivity index (χ4n) is 2.59. The summed E-state index contributed by atoms with van der Waals surface area (Å²) >= 11 is 4.64. The van der Waals surface area contributed by atoms with Gasteiger partial charge in [0.05, 0.1) is 16.4 Å². The molecule has 0 unspecified atom stereocenters. The van der Waals surface area contributed by atoms with Gasteiger partial charge in [-0.25, -0.2) is 4.98 Å². The monoisotopic (exact) mass is 269 g/mol. The summed E-state index contributed by atoms with van der Waals surface area (Å²) in [7, 11) is 0. The van der Waals surface area contributed by atoms with Crippen molar-refractivity contribution < 1.29 is 0 Å². The van der Waals surface area contributed by atoms with Crippen LogP contribution in [0, 0.1) is 6.92 Å². The molecule has 3 nitrogen and oxygen atoms in total. The van der Waals surface area contributed by atoms with E-state index in [1.165, 1.54) is 18.4 Å². The molecule has 2 aromatic rings. The summed E-state index contributed by atoms with van der Waals surface area (Å²) in [6, 6.07) is 8.12. The predicted molar refractivity (Wildman–Crippen MR) is 82.6 cm³/mol. The lowest BCUT2D eigenvalue weighted by atomic mass is 10.1. The van der Waals surface area contributed by atoms with Crippen molar-refractivity contribution in [2.24, 2.45) is 4.99 Å². The molecular formula is C15H15N3S. The second-order valence-corrected chi connectivity index (χ2v) is 5.08. The van der Waals surface area contributed by atoms with Gasteiger partial charge in [-0.05, 0) is 61.8 Å². The van der Waals surface area contributed by atoms with Gasteiger partial charge >= 0.3 is 0 Å². The minimum Gasteiger partial charge on any atom is -0.357 e. The zero-order valence-electron chi connectivity index (χ0n) is 10.9. The van der Waals surface area contributed by atoms with E-state index in [1.54, 1.807) is 0 Å². The van der Waals surface area contributed by atoms with Gasteiger partial charge in [0.1, 0.15) is 5.82 Å². The third-order valence-electron chi connectivity index (χ3n) is 3.59. The van der Waals surface area contributed by atoms with Gasteiger partial charge in [0.2, 0.25) is 0 Å². The first-order chi connectivity index (χ1) is 9.28. The summed E-state index contributed by atoms with van der Waals surface area (Å²) in [5.74, 6) is 1.09. The van der Waals surface area contributed by atoms with Crippen molar-refractivity contribution in [3.05, 3.63) is 29.8 Å². The fourth-order valence-corrected chi connectivity index (χ4v) is 2.70. The SMILES string of the molecule is Cc1cc(N2CCCC2)nc2ccc(N=C=S)cc12. The highest BCUT2D eigenvalue weighted by Gasteiger charge is 2.14. The minimum atomic E-state index is 0.835. The molecule has 4 heteroatoms. The lowest BCUT2D eigenvalue weighted by molar-refractivity contribution is 0.942. The molecule has 1 aromatic carbocycles. The van der Waals surface area contributed by atoms with Crippen molar-refractivity contribution >= 4 is 39.8 Å². The van der Waals surface area contributed by atoms with Crippen molar-refractivity contribution in [1.82, 2.24) is 4.98 Å². The van der Waals surface area contributed by atoms with Crippen LogP contribution in [-0.2, 0) is 0 Å². The molecular weight excluding hydrogens is 254 g/mol. The van der Waals surface area contributed by atoms with Crippen LogP contribution in [0.2, 0.25) is 0 Å². The molecule has 1 aliphatic rings. The number of thiocarbonyl (C=S) groups is 1. The van der Waals surface area contributed by atoms with Crippen molar-refractivity contribution in [1.29, 1.82) is 0 Å². The average Bonchev–Trinajstić information content (AvgIpc) is 2.93.